The minimum Gasteiger partial charge on any atom is -0.494 e. The molecule has 2 rings (SSSR count). The molecule has 0 aliphatic heterocycles. The summed E-state index contributed by atoms with van der Waals surface area (Å²) in [4.78, 5) is 0. The van der Waals surface area contributed by atoms with Gasteiger partial charge < -0.3 is 4.74 Å². The molecule has 0 heterocycles. The fraction of sp³-hybridized carbons (Fsp3) is 0.316. The van der Waals surface area contributed by atoms with Crippen LogP contribution in [0, 0.1) is 11.3 Å². The predicted molar refractivity (Wildman–Crippen MR) is 88.6 cm³/mol. The van der Waals surface area contributed by atoms with Gasteiger partial charge in [0.2, 0.25) is 0 Å². The molecule has 0 saturated heterocycles. The molecule has 1 N–H and O–H groups in total. The highest BCUT2D eigenvalue weighted by Crippen LogP contribution is 2.22. The SMILES string of the molecule is CCCOc1cccc(C(C#N)NC(C)c2ccccc2)c1. The van der Waals surface area contributed by atoms with Gasteiger partial charge in [0, 0.05) is 6.04 Å². The second kappa shape index (κ2) is 8.21. The molecule has 0 amide bonds. The third-order valence-corrected chi connectivity index (χ3v) is 3.51. The van der Waals surface area contributed by atoms with Crippen LogP contribution in [0.25, 0.3) is 0 Å². The first kappa shape index (κ1) is 16.1. The molecule has 0 spiro atoms. The number of hydrogen-bond donors (Lipinski definition) is 1. The molecule has 2 aromatic carbocycles. The van der Waals surface area contributed by atoms with Gasteiger partial charge >= 0.3 is 0 Å². The zero-order valence-electron chi connectivity index (χ0n) is 13.1. The van der Waals surface area contributed by atoms with Gasteiger partial charge in [-0.05, 0) is 36.6 Å². The molecule has 0 aromatic heterocycles. The van der Waals surface area contributed by atoms with E-state index in [0.717, 1.165) is 17.7 Å². The van der Waals surface area contributed by atoms with Crippen LogP contribution in [-0.2, 0) is 0 Å². The maximum absolute atomic E-state index is 9.49. The Morgan fingerprint density at radius 3 is 2.50 bits per heavy atom. The average Bonchev–Trinajstić information content (AvgIpc) is 2.58. The summed E-state index contributed by atoms with van der Waals surface area (Å²) in [6.07, 6.45) is 0.967. The largest absolute Gasteiger partial charge is 0.494 e. The molecule has 0 saturated carbocycles. The summed E-state index contributed by atoms with van der Waals surface area (Å²) in [6.45, 7) is 4.83. The lowest BCUT2D eigenvalue weighted by atomic mass is 10.0. The standard InChI is InChI=1S/C19H22N2O/c1-3-12-22-18-11-7-10-17(13-18)19(14-20)21-15(2)16-8-5-4-6-9-16/h4-11,13,15,19,21H,3,12H2,1-2H3. The van der Waals surface area contributed by atoms with Crippen molar-refractivity contribution in [2.75, 3.05) is 6.61 Å². The summed E-state index contributed by atoms with van der Waals surface area (Å²) in [7, 11) is 0. The lowest BCUT2D eigenvalue weighted by molar-refractivity contribution is 0.317. The Kier molecular flexibility index (Phi) is 6.00. The van der Waals surface area contributed by atoms with Gasteiger partial charge in [0.05, 0.1) is 12.7 Å². The molecular weight excluding hydrogens is 272 g/mol. The van der Waals surface area contributed by atoms with Gasteiger partial charge in [-0.2, -0.15) is 5.26 Å². The molecule has 114 valence electrons. The first-order chi connectivity index (χ1) is 10.7. The number of ether oxygens (including phenoxy) is 1. The molecule has 0 radical (unpaired) electrons. The molecule has 2 atom stereocenters. The van der Waals surface area contributed by atoms with Crippen LogP contribution >= 0.6 is 0 Å². The third kappa shape index (κ3) is 4.34. The predicted octanol–water partition coefficient (Wildman–Crippen LogP) is 4.39. The summed E-state index contributed by atoms with van der Waals surface area (Å²) < 4.78 is 5.64. The monoisotopic (exact) mass is 294 g/mol. The van der Waals surface area contributed by atoms with Gasteiger partial charge in [-0.15, -0.1) is 0 Å². The fourth-order valence-corrected chi connectivity index (χ4v) is 2.30. The Morgan fingerprint density at radius 2 is 1.82 bits per heavy atom. The van der Waals surface area contributed by atoms with Gasteiger partial charge in [0.15, 0.2) is 0 Å². The van der Waals surface area contributed by atoms with Crippen LogP contribution in [-0.4, -0.2) is 6.61 Å². The Balaban J connectivity index is 2.10. The van der Waals surface area contributed by atoms with Gasteiger partial charge in [0.1, 0.15) is 11.8 Å². The van der Waals surface area contributed by atoms with Crippen LogP contribution in [0.3, 0.4) is 0 Å². The van der Waals surface area contributed by atoms with Gasteiger partial charge in [-0.3, -0.25) is 5.32 Å². The zero-order chi connectivity index (χ0) is 15.8. The van der Waals surface area contributed by atoms with Crippen molar-refractivity contribution in [1.82, 2.24) is 5.32 Å². The van der Waals surface area contributed by atoms with Crippen LogP contribution in [0.1, 0.15) is 43.5 Å². The highest BCUT2D eigenvalue weighted by Gasteiger charge is 2.15. The lowest BCUT2D eigenvalue weighted by Gasteiger charge is -2.19. The lowest BCUT2D eigenvalue weighted by Crippen LogP contribution is -2.23. The molecule has 0 aliphatic carbocycles. The maximum Gasteiger partial charge on any atom is 0.121 e. The summed E-state index contributed by atoms with van der Waals surface area (Å²) in [5, 5.41) is 12.9. The van der Waals surface area contributed by atoms with E-state index < -0.39 is 0 Å². The zero-order valence-corrected chi connectivity index (χ0v) is 13.1. The summed E-state index contributed by atoms with van der Waals surface area (Å²) in [5.74, 6) is 0.814. The van der Waals surface area contributed by atoms with Gasteiger partial charge in [-0.1, -0.05) is 49.4 Å². The number of rotatable bonds is 7. The van der Waals surface area contributed by atoms with E-state index in [2.05, 4.69) is 37.4 Å². The number of hydrogen-bond acceptors (Lipinski definition) is 3. The third-order valence-electron chi connectivity index (χ3n) is 3.51. The second-order valence-corrected chi connectivity index (χ2v) is 5.28. The molecule has 3 nitrogen and oxygen atoms in total. The Morgan fingerprint density at radius 1 is 1.09 bits per heavy atom. The van der Waals surface area contributed by atoms with E-state index in [0.29, 0.717) is 6.61 Å². The number of nitrogens with one attached hydrogen (secondary N) is 1. The highest BCUT2D eigenvalue weighted by molar-refractivity contribution is 5.33. The molecule has 0 bridgehead atoms. The molecule has 3 heteroatoms. The van der Waals surface area contributed by atoms with Crippen molar-refractivity contribution >= 4 is 0 Å². The van der Waals surface area contributed by atoms with Crippen molar-refractivity contribution in [3.05, 3.63) is 65.7 Å². The average molecular weight is 294 g/mol. The Hall–Kier alpha value is -2.31. The van der Waals surface area contributed by atoms with Crippen LogP contribution in [0.5, 0.6) is 5.75 Å². The van der Waals surface area contributed by atoms with Crippen LogP contribution in [0.4, 0.5) is 0 Å². The number of nitriles is 1. The summed E-state index contributed by atoms with van der Waals surface area (Å²) in [6, 6.07) is 20.0. The maximum atomic E-state index is 9.49. The molecule has 22 heavy (non-hydrogen) atoms. The van der Waals surface area contributed by atoms with Crippen molar-refractivity contribution in [3.63, 3.8) is 0 Å². The van der Waals surface area contributed by atoms with Crippen molar-refractivity contribution in [3.8, 4) is 11.8 Å². The van der Waals surface area contributed by atoms with E-state index in [-0.39, 0.29) is 12.1 Å². The van der Waals surface area contributed by atoms with Crippen molar-refractivity contribution in [2.24, 2.45) is 0 Å². The normalized spacial score (nSPS) is 13.1. The van der Waals surface area contributed by atoms with E-state index in [1.54, 1.807) is 0 Å². The van der Waals surface area contributed by atoms with Crippen LogP contribution in [0.2, 0.25) is 0 Å². The van der Waals surface area contributed by atoms with Crippen molar-refractivity contribution in [2.45, 2.75) is 32.4 Å². The summed E-state index contributed by atoms with van der Waals surface area (Å²) >= 11 is 0. The number of nitrogens with zero attached hydrogens (tertiary/aromatic N) is 1. The van der Waals surface area contributed by atoms with E-state index >= 15 is 0 Å². The van der Waals surface area contributed by atoms with Crippen LogP contribution < -0.4 is 10.1 Å². The quantitative estimate of drug-likeness (QED) is 0.823. The molecule has 2 unspecified atom stereocenters. The molecular formula is C19H22N2O. The smallest absolute Gasteiger partial charge is 0.121 e. The van der Waals surface area contributed by atoms with Gasteiger partial charge in [0.25, 0.3) is 0 Å². The first-order valence-electron chi connectivity index (χ1n) is 7.68. The number of benzene rings is 2. The Bertz CT molecular complexity index is 619. The molecule has 0 aliphatic rings. The van der Waals surface area contributed by atoms with E-state index in [1.807, 2.05) is 42.5 Å². The highest BCUT2D eigenvalue weighted by atomic mass is 16.5. The van der Waals surface area contributed by atoms with E-state index in [9.17, 15) is 5.26 Å². The first-order valence-corrected chi connectivity index (χ1v) is 7.68. The Labute approximate surface area is 132 Å². The van der Waals surface area contributed by atoms with Gasteiger partial charge in [-0.25, -0.2) is 0 Å². The second-order valence-electron chi connectivity index (χ2n) is 5.28. The van der Waals surface area contributed by atoms with E-state index in [4.69, 9.17) is 4.74 Å². The van der Waals surface area contributed by atoms with Crippen molar-refractivity contribution < 1.29 is 4.74 Å². The van der Waals surface area contributed by atoms with E-state index in [1.165, 1.54) is 5.56 Å². The van der Waals surface area contributed by atoms with Crippen molar-refractivity contribution in [1.29, 1.82) is 5.26 Å². The minimum atomic E-state index is -0.361. The molecule has 2 aromatic rings. The topological polar surface area (TPSA) is 45.0 Å². The van der Waals surface area contributed by atoms with Crippen LogP contribution in [0.15, 0.2) is 54.6 Å². The molecule has 0 fully saturated rings. The summed E-state index contributed by atoms with van der Waals surface area (Å²) in [5.41, 5.74) is 2.10. The minimum absolute atomic E-state index is 0.103. The fourth-order valence-electron chi connectivity index (χ4n) is 2.30.